The number of hydrogen-bond acceptors (Lipinski definition) is 4. The lowest BCUT2D eigenvalue weighted by Crippen LogP contribution is -2.29. The van der Waals surface area contributed by atoms with Crippen LogP contribution in [0.25, 0.3) is 0 Å². The van der Waals surface area contributed by atoms with Crippen LogP contribution in [0.15, 0.2) is 12.1 Å². The van der Waals surface area contributed by atoms with E-state index < -0.39 is 28.5 Å². The van der Waals surface area contributed by atoms with E-state index in [4.69, 9.17) is 5.73 Å². The lowest BCUT2D eigenvalue weighted by molar-refractivity contribution is -0.384. The van der Waals surface area contributed by atoms with Crippen molar-refractivity contribution in [2.24, 2.45) is 11.7 Å². The first-order chi connectivity index (χ1) is 9.32. The molecule has 1 heterocycles. The number of benzene rings is 1. The molecule has 0 spiro atoms. The number of anilines is 1. The number of nitro groups is 1. The van der Waals surface area contributed by atoms with Crippen LogP contribution in [0.5, 0.6) is 0 Å². The van der Waals surface area contributed by atoms with Gasteiger partial charge in [0.1, 0.15) is 11.5 Å². The fraction of sp³-hybridized carbons (Fsp3) is 0.333. The van der Waals surface area contributed by atoms with Gasteiger partial charge in [0.15, 0.2) is 0 Å². The van der Waals surface area contributed by atoms with Gasteiger partial charge in [0.05, 0.1) is 10.8 Å². The summed E-state index contributed by atoms with van der Waals surface area (Å²) in [6.45, 7) is 1.28. The summed E-state index contributed by atoms with van der Waals surface area (Å²) in [5.41, 5.74) is 4.66. The fourth-order valence-corrected chi connectivity index (χ4v) is 2.26. The van der Waals surface area contributed by atoms with Gasteiger partial charge >= 0.3 is 0 Å². The maximum absolute atomic E-state index is 13.6. The third-order valence-corrected chi connectivity index (χ3v) is 3.34. The molecule has 0 radical (unpaired) electrons. The largest absolute Gasteiger partial charge is 0.369 e. The van der Waals surface area contributed by atoms with E-state index in [9.17, 15) is 24.1 Å². The standard InChI is InChI=1S/C12H12FN3O4/c1-6-8(13)2-3-9(16(19)20)11(6)15-5-7(12(14)18)4-10(15)17/h2-3,7H,4-5H2,1H3,(H2,14,18). The lowest BCUT2D eigenvalue weighted by Gasteiger charge is -2.18. The second-order valence-electron chi connectivity index (χ2n) is 4.60. The fourth-order valence-electron chi connectivity index (χ4n) is 2.26. The minimum atomic E-state index is -0.718. The van der Waals surface area contributed by atoms with E-state index >= 15 is 0 Å². The highest BCUT2D eigenvalue weighted by molar-refractivity contribution is 6.02. The molecule has 0 bridgehead atoms. The zero-order valence-corrected chi connectivity index (χ0v) is 10.6. The molecule has 0 aliphatic carbocycles. The Labute approximate surface area is 113 Å². The Hall–Kier alpha value is -2.51. The summed E-state index contributed by atoms with van der Waals surface area (Å²) < 4.78 is 13.6. The highest BCUT2D eigenvalue weighted by Gasteiger charge is 2.38. The number of hydrogen-bond donors (Lipinski definition) is 1. The van der Waals surface area contributed by atoms with Crippen LogP contribution >= 0.6 is 0 Å². The van der Waals surface area contributed by atoms with Gasteiger partial charge < -0.3 is 10.6 Å². The topological polar surface area (TPSA) is 107 Å². The highest BCUT2D eigenvalue weighted by Crippen LogP contribution is 2.36. The van der Waals surface area contributed by atoms with Crippen LogP contribution in [0.1, 0.15) is 12.0 Å². The minimum absolute atomic E-state index is 0.00216. The van der Waals surface area contributed by atoms with Gasteiger partial charge in [-0.05, 0) is 13.0 Å². The number of nitro benzene ring substituents is 1. The van der Waals surface area contributed by atoms with Crippen molar-refractivity contribution in [3.63, 3.8) is 0 Å². The van der Waals surface area contributed by atoms with Crippen LogP contribution in [0.2, 0.25) is 0 Å². The lowest BCUT2D eigenvalue weighted by atomic mass is 10.1. The maximum atomic E-state index is 13.6. The van der Waals surface area contributed by atoms with Crippen molar-refractivity contribution in [3.05, 3.63) is 33.6 Å². The average Bonchev–Trinajstić information content (AvgIpc) is 2.74. The van der Waals surface area contributed by atoms with E-state index in [-0.39, 0.29) is 29.9 Å². The summed E-state index contributed by atoms with van der Waals surface area (Å²) in [7, 11) is 0. The molecular formula is C12H12FN3O4. The van der Waals surface area contributed by atoms with Gasteiger partial charge in [-0.15, -0.1) is 0 Å². The van der Waals surface area contributed by atoms with E-state index in [0.29, 0.717) is 0 Å². The quantitative estimate of drug-likeness (QED) is 0.655. The van der Waals surface area contributed by atoms with E-state index in [1.54, 1.807) is 0 Å². The molecule has 2 amide bonds. The number of amides is 2. The van der Waals surface area contributed by atoms with Crippen LogP contribution in [0, 0.1) is 28.8 Å². The molecule has 1 atom stereocenters. The Kier molecular flexibility index (Phi) is 3.39. The van der Waals surface area contributed by atoms with E-state index in [2.05, 4.69) is 0 Å². The van der Waals surface area contributed by atoms with Gasteiger partial charge in [0.25, 0.3) is 5.69 Å². The summed E-state index contributed by atoms with van der Waals surface area (Å²) in [4.78, 5) is 34.4. The molecule has 8 heteroatoms. The molecule has 1 aliphatic rings. The summed E-state index contributed by atoms with van der Waals surface area (Å²) in [6, 6.07) is 1.98. The van der Waals surface area contributed by atoms with Gasteiger partial charge in [0, 0.05) is 24.6 Å². The Morgan fingerprint density at radius 2 is 2.20 bits per heavy atom. The van der Waals surface area contributed by atoms with Crippen molar-refractivity contribution in [1.29, 1.82) is 0 Å². The molecular weight excluding hydrogens is 269 g/mol. The monoisotopic (exact) mass is 281 g/mol. The van der Waals surface area contributed by atoms with E-state index in [1.807, 2.05) is 0 Å². The zero-order valence-electron chi connectivity index (χ0n) is 10.6. The molecule has 0 saturated carbocycles. The highest BCUT2D eigenvalue weighted by atomic mass is 19.1. The molecule has 0 aromatic heterocycles. The SMILES string of the molecule is Cc1c(F)ccc([N+](=O)[O-])c1N1CC(C(N)=O)CC1=O. The first-order valence-corrected chi connectivity index (χ1v) is 5.86. The Morgan fingerprint density at radius 1 is 1.55 bits per heavy atom. The number of primary amides is 1. The number of carbonyl (C=O) groups is 2. The van der Waals surface area contributed by atoms with Gasteiger partial charge in [-0.1, -0.05) is 0 Å². The van der Waals surface area contributed by atoms with Crippen molar-refractivity contribution in [2.75, 3.05) is 11.4 Å². The number of rotatable bonds is 3. The van der Waals surface area contributed by atoms with E-state index in [0.717, 1.165) is 17.0 Å². The molecule has 106 valence electrons. The van der Waals surface area contributed by atoms with E-state index in [1.165, 1.54) is 6.92 Å². The predicted octanol–water partition coefficient (Wildman–Crippen LogP) is 0.881. The molecule has 1 saturated heterocycles. The summed E-state index contributed by atoms with van der Waals surface area (Å²) in [5, 5.41) is 11.0. The maximum Gasteiger partial charge on any atom is 0.293 e. The molecule has 7 nitrogen and oxygen atoms in total. The van der Waals surface area contributed by atoms with Crippen LogP contribution in [-0.4, -0.2) is 23.3 Å². The molecule has 1 aliphatic heterocycles. The molecule has 1 aromatic rings. The number of carbonyl (C=O) groups excluding carboxylic acids is 2. The first kappa shape index (κ1) is 13.9. The average molecular weight is 281 g/mol. The first-order valence-electron chi connectivity index (χ1n) is 5.86. The van der Waals surface area contributed by atoms with Crippen molar-refractivity contribution in [2.45, 2.75) is 13.3 Å². The van der Waals surface area contributed by atoms with Crippen molar-refractivity contribution >= 4 is 23.2 Å². The molecule has 1 fully saturated rings. The molecule has 2 rings (SSSR count). The number of halogens is 1. The van der Waals surface area contributed by atoms with Crippen LogP contribution < -0.4 is 10.6 Å². The van der Waals surface area contributed by atoms with Crippen LogP contribution in [-0.2, 0) is 9.59 Å². The molecule has 2 N–H and O–H groups in total. The van der Waals surface area contributed by atoms with Gasteiger partial charge in [-0.3, -0.25) is 19.7 Å². The minimum Gasteiger partial charge on any atom is -0.369 e. The third kappa shape index (κ3) is 2.20. The van der Waals surface area contributed by atoms with Crippen molar-refractivity contribution in [3.8, 4) is 0 Å². The molecule has 1 unspecified atom stereocenters. The second kappa shape index (κ2) is 4.87. The Bertz CT molecular complexity index is 617. The van der Waals surface area contributed by atoms with Crippen LogP contribution in [0.3, 0.4) is 0 Å². The number of nitrogens with two attached hydrogens (primary N) is 1. The van der Waals surface area contributed by atoms with Gasteiger partial charge in [0.2, 0.25) is 11.8 Å². The smallest absolute Gasteiger partial charge is 0.293 e. The zero-order chi connectivity index (χ0) is 15.0. The number of nitrogens with zero attached hydrogens (tertiary/aromatic N) is 2. The van der Waals surface area contributed by atoms with Crippen molar-refractivity contribution < 1.29 is 18.9 Å². The molecule has 1 aromatic carbocycles. The second-order valence-corrected chi connectivity index (χ2v) is 4.60. The van der Waals surface area contributed by atoms with Gasteiger partial charge in [-0.2, -0.15) is 0 Å². The summed E-state index contributed by atoms with van der Waals surface area (Å²) in [6.07, 6.45) is -0.123. The molecule has 20 heavy (non-hydrogen) atoms. The predicted molar refractivity (Wildman–Crippen MR) is 67.4 cm³/mol. The Balaban J connectivity index is 2.52. The Morgan fingerprint density at radius 3 is 2.70 bits per heavy atom. The van der Waals surface area contributed by atoms with Crippen molar-refractivity contribution in [1.82, 2.24) is 0 Å². The van der Waals surface area contributed by atoms with Crippen LogP contribution in [0.4, 0.5) is 15.8 Å². The summed E-state index contributed by atoms with van der Waals surface area (Å²) >= 11 is 0. The van der Waals surface area contributed by atoms with Gasteiger partial charge in [-0.25, -0.2) is 4.39 Å². The third-order valence-electron chi connectivity index (χ3n) is 3.34. The summed E-state index contributed by atoms with van der Waals surface area (Å²) in [5.74, 6) is -2.51. The normalized spacial score (nSPS) is 18.4.